The molecule has 21 heavy (non-hydrogen) atoms. The Labute approximate surface area is 130 Å². The van der Waals surface area contributed by atoms with Crippen LogP contribution in [0, 0.1) is 0 Å². The van der Waals surface area contributed by atoms with Gasteiger partial charge in [0.05, 0.1) is 13.1 Å². The van der Waals surface area contributed by atoms with E-state index in [9.17, 15) is 0 Å². The van der Waals surface area contributed by atoms with Crippen LogP contribution in [-0.2, 0) is 13.1 Å². The van der Waals surface area contributed by atoms with E-state index in [1.54, 1.807) is 0 Å². The Balaban J connectivity index is 0.00000161. The lowest BCUT2D eigenvalue weighted by molar-refractivity contribution is 0.247. The first-order valence-corrected chi connectivity index (χ1v) is 7.06. The van der Waals surface area contributed by atoms with Gasteiger partial charge in [-0.15, -0.1) is 12.4 Å². The van der Waals surface area contributed by atoms with E-state index in [0.29, 0.717) is 24.4 Å². The average Bonchev–Trinajstić information content (AvgIpc) is 3.08. The number of halogens is 1. The van der Waals surface area contributed by atoms with Crippen molar-refractivity contribution in [3.8, 4) is 0 Å². The highest BCUT2D eigenvalue weighted by atomic mass is 35.5. The first-order chi connectivity index (χ1) is 9.76. The largest absolute Gasteiger partial charge is 0.338 e. The van der Waals surface area contributed by atoms with Crippen molar-refractivity contribution >= 4 is 12.4 Å². The van der Waals surface area contributed by atoms with Crippen LogP contribution in [0.5, 0.6) is 0 Å². The zero-order chi connectivity index (χ0) is 13.9. The number of likely N-dealkylation sites (tertiary alicyclic amines) is 1. The third-order valence-electron chi connectivity index (χ3n) is 4.00. The maximum Gasteiger partial charge on any atom is 0.240 e. The Hall–Kier alpha value is -1.43. The summed E-state index contributed by atoms with van der Waals surface area (Å²) < 4.78 is 5.06. The zero-order valence-electron chi connectivity index (χ0n) is 12.1. The van der Waals surface area contributed by atoms with Crippen LogP contribution in [-0.4, -0.2) is 27.6 Å². The second kappa shape index (κ2) is 7.02. The molecule has 2 aromatic rings. The molecule has 0 amide bonds. The van der Waals surface area contributed by atoms with Crippen molar-refractivity contribution in [3.63, 3.8) is 0 Å². The summed E-state index contributed by atoms with van der Waals surface area (Å²) >= 11 is 0. The second-order valence-corrected chi connectivity index (χ2v) is 5.43. The van der Waals surface area contributed by atoms with Crippen molar-refractivity contribution < 1.29 is 4.52 Å². The molecule has 0 saturated carbocycles. The Morgan fingerprint density at radius 3 is 2.76 bits per heavy atom. The lowest BCUT2D eigenvalue weighted by Crippen LogP contribution is -2.27. The summed E-state index contributed by atoms with van der Waals surface area (Å²) in [7, 11) is 0. The minimum atomic E-state index is 0. The normalized spacial score (nSPS) is 22.2. The molecule has 0 bridgehead atoms. The number of benzene rings is 1. The molecule has 2 N–H and O–H groups in total. The number of rotatable bonds is 4. The quantitative estimate of drug-likeness (QED) is 0.939. The van der Waals surface area contributed by atoms with Gasteiger partial charge in [-0.3, -0.25) is 4.90 Å². The van der Waals surface area contributed by atoms with Gasteiger partial charge in [0.1, 0.15) is 0 Å². The van der Waals surface area contributed by atoms with E-state index in [4.69, 9.17) is 10.3 Å². The number of aromatic nitrogens is 2. The fraction of sp³-hybridized carbons (Fsp3) is 0.467. The van der Waals surface area contributed by atoms with Crippen molar-refractivity contribution in [3.05, 3.63) is 47.6 Å². The summed E-state index contributed by atoms with van der Waals surface area (Å²) in [6.45, 7) is 4.33. The van der Waals surface area contributed by atoms with Crippen LogP contribution < -0.4 is 5.73 Å². The van der Waals surface area contributed by atoms with E-state index in [0.717, 1.165) is 18.9 Å². The molecule has 0 radical (unpaired) electrons. The van der Waals surface area contributed by atoms with E-state index >= 15 is 0 Å². The lowest BCUT2D eigenvalue weighted by atomic mass is 9.97. The van der Waals surface area contributed by atoms with Gasteiger partial charge in [-0.2, -0.15) is 4.98 Å². The summed E-state index contributed by atoms with van der Waals surface area (Å²) in [6.07, 6.45) is 1.17. The Kier molecular flexibility index (Phi) is 5.33. The summed E-state index contributed by atoms with van der Waals surface area (Å²) in [5.74, 6) is 1.82. The van der Waals surface area contributed by atoms with Gasteiger partial charge in [0.25, 0.3) is 0 Å². The molecule has 0 spiro atoms. The minimum Gasteiger partial charge on any atom is -0.338 e. The number of hydrogen-bond donors (Lipinski definition) is 1. The second-order valence-electron chi connectivity index (χ2n) is 5.43. The third-order valence-corrected chi connectivity index (χ3v) is 4.00. The van der Waals surface area contributed by atoms with Crippen molar-refractivity contribution in [2.75, 3.05) is 6.54 Å². The van der Waals surface area contributed by atoms with E-state index in [2.05, 4.69) is 52.3 Å². The number of hydrogen-bond acceptors (Lipinski definition) is 5. The summed E-state index contributed by atoms with van der Waals surface area (Å²) in [4.78, 5) is 6.69. The van der Waals surface area contributed by atoms with Crippen LogP contribution in [0.4, 0.5) is 0 Å². The summed E-state index contributed by atoms with van der Waals surface area (Å²) in [5, 5.41) is 3.97. The molecule has 2 atom stereocenters. The van der Waals surface area contributed by atoms with Crippen molar-refractivity contribution in [2.45, 2.75) is 38.4 Å². The standard InChI is InChI=1S/C15H20N4O.ClH/c1-11-7-13(12-5-3-2-4-6-12)9-19(11)10-14-17-15(8-16)20-18-14;/h2-6,11,13H,7-10,16H2,1H3;1H. The fourth-order valence-electron chi connectivity index (χ4n) is 2.90. The van der Waals surface area contributed by atoms with Gasteiger partial charge in [-0.05, 0) is 24.8 Å². The van der Waals surface area contributed by atoms with Gasteiger partial charge in [-0.1, -0.05) is 35.5 Å². The van der Waals surface area contributed by atoms with Crippen LogP contribution in [0.25, 0.3) is 0 Å². The predicted octanol–water partition coefficient (Wildman–Crippen LogP) is 2.33. The highest BCUT2D eigenvalue weighted by Crippen LogP contribution is 2.32. The van der Waals surface area contributed by atoms with Gasteiger partial charge in [0.15, 0.2) is 5.82 Å². The maximum atomic E-state index is 5.49. The van der Waals surface area contributed by atoms with Crippen LogP contribution in [0.1, 0.15) is 36.5 Å². The molecule has 6 heteroatoms. The SMILES string of the molecule is CC1CC(c2ccccc2)CN1Cc1noc(CN)n1.Cl. The first-order valence-electron chi connectivity index (χ1n) is 7.06. The lowest BCUT2D eigenvalue weighted by Gasteiger charge is -2.18. The summed E-state index contributed by atoms with van der Waals surface area (Å²) in [6, 6.07) is 11.2. The predicted molar refractivity (Wildman–Crippen MR) is 83.1 cm³/mol. The Bertz CT molecular complexity index is 560. The van der Waals surface area contributed by atoms with Crippen LogP contribution in [0.2, 0.25) is 0 Å². The van der Waals surface area contributed by atoms with E-state index in [-0.39, 0.29) is 12.4 Å². The molecule has 1 saturated heterocycles. The molecule has 5 nitrogen and oxygen atoms in total. The van der Waals surface area contributed by atoms with Crippen LogP contribution in [0.3, 0.4) is 0 Å². The van der Waals surface area contributed by atoms with Crippen molar-refractivity contribution in [1.82, 2.24) is 15.0 Å². The molecule has 1 aromatic carbocycles. The molecular weight excluding hydrogens is 288 g/mol. The van der Waals surface area contributed by atoms with Crippen molar-refractivity contribution in [2.24, 2.45) is 5.73 Å². The van der Waals surface area contributed by atoms with Gasteiger partial charge >= 0.3 is 0 Å². The van der Waals surface area contributed by atoms with Gasteiger partial charge in [0, 0.05) is 12.6 Å². The minimum absolute atomic E-state index is 0. The average molecular weight is 309 g/mol. The smallest absolute Gasteiger partial charge is 0.240 e. The molecule has 2 heterocycles. The number of nitrogens with zero attached hydrogens (tertiary/aromatic N) is 3. The molecule has 0 aliphatic carbocycles. The van der Waals surface area contributed by atoms with Gasteiger partial charge < -0.3 is 10.3 Å². The molecule has 114 valence electrons. The fourth-order valence-corrected chi connectivity index (χ4v) is 2.90. The molecule has 1 fully saturated rings. The Morgan fingerprint density at radius 1 is 1.33 bits per heavy atom. The molecule has 1 aliphatic rings. The Morgan fingerprint density at radius 2 is 2.10 bits per heavy atom. The van der Waals surface area contributed by atoms with Crippen molar-refractivity contribution in [1.29, 1.82) is 0 Å². The third kappa shape index (κ3) is 3.61. The summed E-state index contributed by atoms with van der Waals surface area (Å²) in [5.41, 5.74) is 6.90. The van der Waals surface area contributed by atoms with Crippen LogP contribution >= 0.6 is 12.4 Å². The highest BCUT2D eigenvalue weighted by Gasteiger charge is 2.30. The monoisotopic (exact) mass is 308 g/mol. The molecular formula is C15H21ClN4O. The molecule has 1 aromatic heterocycles. The topological polar surface area (TPSA) is 68.2 Å². The first kappa shape index (κ1) is 15.9. The maximum absolute atomic E-state index is 5.49. The van der Waals surface area contributed by atoms with E-state index < -0.39 is 0 Å². The van der Waals surface area contributed by atoms with Crippen LogP contribution in [0.15, 0.2) is 34.9 Å². The van der Waals surface area contributed by atoms with Gasteiger partial charge in [-0.25, -0.2) is 0 Å². The van der Waals surface area contributed by atoms with Gasteiger partial charge in [0.2, 0.25) is 5.89 Å². The number of nitrogens with two attached hydrogens (primary N) is 1. The van der Waals surface area contributed by atoms with E-state index in [1.807, 2.05) is 0 Å². The highest BCUT2D eigenvalue weighted by molar-refractivity contribution is 5.85. The van der Waals surface area contributed by atoms with E-state index in [1.165, 1.54) is 12.0 Å². The molecule has 2 unspecified atom stereocenters. The molecule has 3 rings (SSSR count). The molecule has 1 aliphatic heterocycles. The zero-order valence-corrected chi connectivity index (χ0v) is 12.9.